The SMILES string of the molecule is CCOC(=O)C1CCCN1C(C)C(=O)OC. The van der Waals surface area contributed by atoms with Crippen LogP contribution in [0.1, 0.15) is 26.7 Å². The summed E-state index contributed by atoms with van der Waals surface area (Å²) in [4.78, 5) is 24.9. The summed E-state index contributed by atoms with van der Waals surface area (Å²) in [5, 5.41) is 0. The van der Waals surface area contributed by atoms with Crippen LogP contribution in [0.15, 0.2) is 0 Å². The van der Waals surface area contributed by atoms with Crippen LogP contribution in [-0.4, -0.2) is 49.2 Å². The van der Waals surface area contributed by atoms with Gasteiger partial charge in [0.25, 0.3) is 0 Å². The summed E-state index contributed by atoms with van der Waals surface area (Å²) in [6.45, 7) is 4.64. The third-order valence-electron chi connectivity index (χ3n) is 2.89. The van der Waals surface area contributed by atoms with Crippen molar-refractivity contribution < 1.29 is 19.1 Å². The van der Waals surface area contributed by atoms with Crippen molar-refractivity contribution in [1.29, 1.82) is 0 Å². The van der Waals surface area contributed by atoms with Crippen molar-refractivity contribution >= 4 is 11.9 Å². The standard InChI is InChI=1S/C11H19NO4/c1-4-16-11(14)9-6-5-7-12(9)8(2)10(13)15-3/h8-9H,4-7H2,1-3H3. The first-order valence-electron chi connectivity index (χ1n) is 5.62. The van der Waals surface area contributed by atoms with Gasteiger partial charge in [0.15, 0.2) is 0 Å². The zero-order valence-electron chi connectivity index (χ0n) is 10.1. The van der Waals surface area contributed by atoms with Crippen molar-refractivity contribution in [3.63, 3.8) is 0 Å². The molecule has 1 rings (SSSR count). The smallest absolute Gasteiger partial charge is 0.323 e. The first-order valence-corrected chi connectivity index (χ1v) is 5.62. The van der Waals surface area contributed by atoms with E-state index in [9.17, 15) is 9.59 Å². The lowest BCUT2D eigenvalue weighted by molar-refractivity contribution is -0.153. The van der Waals surface area contributed by atoms with Crippen LogP contribution in [-0.2, 0) is 19.1 Å². The fourth-order valence-electron chi connectivity index (χ4n) is 2.05. The maximum atomic E-state index is 11.7. The van der Waals surface area contributed by atoms with Gasteiger partial charge in [-0.05, 0) is 33.2 Å². The number of carbonyl (C=O) groups excluding carboxylic acids is 2. The number of nitrogens with zero attached hydrogens (tertiary/aromatic N) is 1. The molecule has 1 fully saturated rings. The summed E-state index contributed by atoms with van der Waals surface area (Å²) in [5.41, 5.74) is 0. The predicted molar refractivity (Wildman–Crippen MR) is 57.8 cm³/mol. The highest BCUT2D eigenvalue weighted by Gasteiger charge is 2.37. The summed E-state index contributed by atoms with van der Waals surface area (Å²) < 4.78 is 9.67. The van der Waals surface area contributed by atoms with Gasteiger partial charge in [0.2, 0.25) is 0 Å². The van der Waals surface area contributed by atoms with E-state index in [1.54, 1.807) is 13.8 Å². The molecule has 2 atom stereocenters. The molecule has 0 aromatic carbocycles. The number of methoxy groups -OCH3 is 1. The summed E-state index contributed by atoms with van der Waals surface area (Å²) in [5.74, 6) is -0.549. The fraction of sp³-hybridized carbons (Fsp3) is 0.818. The Morgan fingerprint density at radius 2 is 2.19 bits per heavy atom. The highest BCUT2D eigenvalue weighted by molar-refractivity contribution is 5.79. The Morgan fingerprint density at radius 1 is 1.50 bits per heavy atom. The van der Waals surface area contributed by atoms with Crippen molar-refractivity contribution in [2.75, 3.05) is 20.3 Å². The first-order chi connectivity index (χ1) is 7.61. The largest absolute Gasteiger partial charge is 0.468 e. The molecule has 5 nitrogen and oxygen atoms in total. The van der Waals surface area contributed by atoms with Gasteiger partial charge in [0, 0.05) is 0 Å². The predicted octanol–water partition coefficient (Wildman–Crippen LogP) is 0.575. The lowest BCUT2D eigenvalue weighted by atomic mass is 10.2. The van der Waals surface area contributed by atoms with E-state index in [1.807, 2.05) is 4.90 Å². The van der Waals surface area contributed by atoms with E-state index >= 15 is 0 Å². The van der Waals surface area contributed by atoms with E-state index < -0.39 is 0 Å². The lowest BCUT2D eigenvalue weighted by Gasteiger charge is -2.27. The molecule has 92 valence electrons. The van der Waals surface area contributed by atoms with Crippen molar-refractivity contribution in [2.45, 2.75) is 38.8 Å². The number of hydrogen-bond acceptors (Lipinski definition) is 5. The molecule has 0 saturated carbocycles. The van der Waals surface area contributed by atoms with Crippen molar-refractivity contribution in [3.8, 4) is 0 Å². The van der Waals surface area contributed by atoms with E-state index in [4.69, 9.17) is 4.74 Å². The molecule has 0 spiro atoms. The molecule has 1 aliphatic heterocycles. The Hall–Kier alpha value is -1.10. The third kappa shape index (κ3) is 2.72. The Balaban J connectivity index is 2.64. The molecule has 2 unspecified atom stereocenters. The van der Waals surface area contributed by atoms with Crippen LogP contribution < -0.4 is 0 Å². The van der Waals surface area contributed by atoms with Gasteiger partial charge in [-0.15, -0.1) is 0 Å². The number of carbonyl (C=O) groups is 2. The van der Waals surface area contributed by atoms with Crippen LogP contribution in [0.25, 0.3) is 0 Å². The van der Waals surface area contributed by atoms with Gasteiger partial charge < -0.3 is 9.47 Å². The summed E-state index contributed by atoms with van der Waals surface area (Å²) in [6, 6.07) is -0.684. The van der Waals surface area contributed by atoms with Crippen LogP contribution in [0.3, 0.4) is 0 Å². The Bertz CT molecular complexity index is 267. The second-order valence-corrected chi connectivity index (χ2v) is 3.85. The average Bonchev–Trinajstić information content (AvgIpc) is 2.76. The first kappa shape index (κ1) is 13.0. The Labute approximate surface area is 95.7 Å². The van der Waals surface area contributed by atoms with Gasteiger partial charge in [0.1, 0.15) is 12.1 Å². The number of esters is 2. The Kier molecular flexibility index (Phi) is 4.73. The molecule has 0 bridgehead atoms. The fourth-order valence-corrected chi connectivity index (χ4v) is 2.05. The van der Waals surface area contributed by atoms with E-state index in [2.05, 4.69) is 4.74 Å². The molecule has 1 aliphatic rings. The highest BCUT2D eigenvalue weighted by Crippen LogP contribution is 2.21. The molecule has 0 aromatic heterocycles. The molecule has 0 aromatic rings. The molecule has 0 amide bonds. The quantitative estimate of drug-likeness (QED) is 0.660. The highest BCUT2D eigenvalue weighted by atomic mass is 16.5. The van der Waals surface area contributed by atoms with Crippen molar-refractivity contribution in [3.05, 3.63) is 0 Å². The monoisotopic (exact) mass is 229 g/mol. The van der Waals surface area contributed by atoms with Crippen LogP contribution in [0.2, 0.25) is 0 Å². The van der Waals surface area contributed by atoms with E-state index in [1.165, 1.54) is 7.11 Å². The van der Waals surface area contributed by atoms with Crippen molar-refractivity contribution in [1.82, 2.24) is 4.90 Å². The van der Waals surface area contributed by atoms with E-state index in [0.29, 0.717) is 6.61 Å². The summed E-state index contributed by atoms with van der Waals surface area (Å²) >= 11 is 0. The van der Waals surface area contributed by atoms with Gasteiger partial charge in [-0.25, -0.2) is 0 Å². The molecule has 16 heavy (non-hydrogen) atoms. The number of ether oxygens (including phenoxy) is 2. The number of hydrogen-bond donors (Lipinski definition) is 0. The molecule has 5 heteroatoms. The molecule has 1 heterocycles. The number of rotatable bonds is 4. The molecule has 1 saturated heterocycles. The zero-order chi connectivity index (χ0) is 12.1. The van der Waals surface area contributed by atoms with Crippen molar-refractivity contribution in [2.24, 2.45) is 0 Å². The van der Waals surface area contributed by atoms with Crippen LogP contribution >= 0.6 is 0 Å². The van der Waals surface area contributed by atoms with Crippen LogP contribution in [0, 0.1) is 0 Å². The second-order valence-electron chi connectivity index (χ2n) is 3.85. The average molecular weight is 229 g/mol. The van der Waals surface area contributed by atoms with Crippen LogP contribution in [0.4, 0.5) is 0 Å². The van der Waals surface area contributed by atoms with Gasteiger partial charge >= 0.3 is 11.9 Å². The van der Waals surface area contributed by atoms with Crippen LogP contribution in [0.5, 0.6) is 0 Å². The minimum absolute atomic E-state index is 0.240. The van der Waals surface area contributed by atoms with Gasteiger partial charge in [0.05, 0.1) is 13.7 Å². The van der Waals surface area contributed by atoms with Gasteiger partial charge in [-0.2, -0.15) is 0 Å². The minimum Gasteiger partial charge on any atom is -0.468 e. The molecular formula is C11H19NO4. The Morgan fingerprint density at radius 3 is 2.75 bits per heavy atom. The third-order valence-corrected chi connectivity index (χ3v) is 2.89. The zero-order valence-corrected chi connectivity index (χ0v) is 10.1. The second kappa shape index (κ2) is 5.84. The maximum absolute atomic E-state index is 11.7. The van der Waals surface area contributed by atoms with Gasteiger partial charge in [-0.1, -0.05) is 0 Å². The molecule has 0 aliphatic carbocycles. The summed E-state index contributed by atoms with van der Waals surface area (Å²) in [7, 11) is 1.36. The number of likely N-dealkylation sites (tertiary alicyclic amines) is 1. The van der Waals surface area contributed by atoms with E-state index in [0.717, 1.165) is 19.4 Å². The summed E-state index contributed by atoms with van der Waals surface area (Å²) in [6.07, 6.45) is 1.66. The molecule has 0 radical (unpaired) electrons. The van der Waals surface area contributed by atoms with E-state index in [-0.39, 0.29) is 24.0 Å². The maximum Gasteiger partial charge on any atom is 0.323 e. The molecular weight excluding hydrogens is 210 g/mol. The molecule has 0 N–H and O–H groups in total. The normalized spacial score (nSPS) is 22.8. The minimum atomic E-state index is -0.387. The van der Waals surface area contributed by atoms with Gasteiger partial charge in [-0.3, -0.25) is 14.5 Å². The topological polar surface area (TPSA) is 55.8 Å². The lowest BCUT2D eigenvalue weighted by Crippen LogP contribution is -2.46.